The number of aromatic hydroxyl groups is 1. The molecule has 4 nitrogen and oxygen atoms in total. The van der Waals surface area contributed by atoms with Gasteiger partial charge in [-0.25, -0.2) is 0 Å². The molecule has 0 saturated carbocycles. The van der Waals surface area contributed by atoms with Crippen LogP contribution in [0.2, 0.25) is 5.02 Å². The van der Waals surface area contributed by atoms with Crippen LogP contribution < -0.4 is 0 Å². The van der Waals surface area contributed by atoms with E-state index in [0.717, 1.165) is 5.56 Å². The fraction of sp³-hybridized carbons (Fsp3) is 0.200. The smallest absolute Gasteiger partial charge is 0.145 e. The number of hydrogen-bond acceptors (Lipinski definition) is 4. The van der Waals surface area contributed by atoms with E-state index in [-0.39, 0.29) is 12.4 Å². The fourth-order valence-corrected chi connectivity index (χ4v) is 2.06. The van der Waals surface area contributed by atoms with Crippen molar-refractivity contribution in [3.8, 4) is 5.75 Å². The Bertz CT molecular complexity index is 669. The van der Waals surface area contributed by atoms with Crippen molar-refractivity contribution >= 4 is 23.5 Å². The second kappa shape index (κ2) is 6.03. The molecule has 0 atom stereocenters. The number of pyridine rings is 1. The normalized spacial score (nSPS) is 11.2. The lowest BCUT2D eigenvalue weighted by Gasteiger charge is -2.07. The summed E-state index contributed by atoms with van der Waals surface area (Å²) in [6, 6.07) is 5.53. The summed E-state index contributed by atoms with van der Waals surface area (Å²) in [5, 5.41) is 19.8. The maximum Gasteiger partial charge on any atom is 0.145 e. The van der Waals surface area contributed by atoms with Crippen LogP contribution in [0.15, 0.2) is 29.4 Å². The van der Waals surface area contributed by atoms with Crippen LogP contribution in [0.25, 0.3) is 0 Å². The van der Waals surface area contributed by atoms with Crippen LogP contribution in [-0.4, -0.2) is 21.4 Å². The maximum atomic E-state index is 10.0. The van der Waals surface area contributed by atoms with Crippen molar-refractivity contribution in [2.45, 2.75) is 20.5 Å². The summed E-state index contributed by atoms with van der Waals surface area (Å²) in [6.45, 7) is 3.41. The number of nitrogens with zero attached hydrogens (tertiary/aromatic N) is 2. The Morgan fingerprint density at radius 3 is 2.75 bits per heavy atom. The number of aliphatic imine (C=N–C) groups is 1. The molecule has 0 amide bonds. The van der Waals surface area contributed by atoms with Gasteiger partial charge in [-0.05, 0) is 31.5 Å². The molecule has 0 bridgehead atoms. The number of aromatic nitrogens is 1. The van der Waals surface area contributed by atoms with E-state index in [1.807, 2.05) is 19.1 Å². The van der Waals surface area contributed by atoms with Gasteiger partial charge in [0.1, 0.15) is 5.75 Å². The van der Waals surface area contributed by atoms with Gasteiger partial charge in [-0.2, -0.15) is 0 Å². The van der Waals surface area contributed by atoms with Crippen LogP contribution in [-0.2, 0) is 6.61 Å². The molecule has 1 aromatic heterocycles. The first-order valence-corrected chi connectivity index (χ1v) is 6.49. The molecule has 1 heterocycles. The predicted octanol–water partition coefficient (Wildman–Crippen LogP) is 3.30. The van der Waals surface area contributed by atoms with Gasteiger partial charge in [0.15, 0.2) is 0 Å². The Hall–Kier alpha value is -1.91. The van der Waals surface area contributed by atoms with Crippen LogP contribution in [0.5, 0.6) is 5.75 Å². The van der Waals surface area contributed by atoms with E-state index in [1.54, 1.807) is 13.0 Å². The number of halogens is 1. The number of aryl methyl sites for hydroxylation is 2. The predicted molar refractivity (Wildman–Crippen MR) is 80.0 cm³/mol. The van der Waals surface area contributed by atoms with Crippen LogP contribution in [0.3, 0.4) is 0 Å². The number of aliphatic hydroxyl groups is 1. The molecular weight excluding hydrogens is 276 g/mol. The monoisotopic (exact) mass is 290 g/mol. The topological polar surface area (TPSA) is 65.7 Å². The Morgan fingerprint density at radius 1 is 1.35 bits per heavy atom. The van der Waals surface area contributed by atoms with Crippen molar-refractivity contribution in [3.63, 3.8) is 0 Å². The maximum absolute atomic E-state index is 10.0. The van der Waals surface area contributed by atoms with E-state index >= 15 is 0 Å². The van der Waals surface area contributed by atoms with Gasteiger partial charge in [0.25, 0.3) is 0 Å². The lowest BCUT2D eigenvalue weighted by molar-refractivity contribution is 0.280. The largest absolute Gasteiger partial charge is 0.505 e. The Labute approximate surface area is 122 Å². The molecule has 0 aliphatic rings. The lowest BCUT2D eigenvalue weighted by atomic mass is 10.1. The Kier molecular flexibility index (Phi) is 4.37. The van der Waals surface area contributed by atoms with E-state index in [9.17, 15) is 10.2 Å². The third-order valence-electron chi connectivity index (χ3n) is 2.96. The van der Waals surface area contributed by atoms with Gasteiger partial charge in [-0.15, -0.1) is 0 Å². The van der Waals surface area contributed by atoms with Crippen molar-refractivity contribution in [2.24, 2.45) is 4.99 Å². The molecule has 20 heavy (non-hydrogen) atoms. The van der Waals surface area contributed by atoms with Crippen molar-refractivity contribution in [2.75, 3.05) is 0 Å². The minimum Gasteiger partial charge on any atom is -0.505 e. The molecule has 0 aliphatic heterocycles. The quantitative estimate of drug-likeness (QED) is 0.852. The van der Waals surface area contributed by atoms with Gasteiger partial charge in [0.05, 0.1) is 23.0 Å². The lowest BCUT2D eigenvalue weighted by Crippen LogP contribution is -1.97. The summed E-state index contributed by atoms with van der Waals surface area (Å²) in [4.78, 5) is 8.27. The average molecular weight is 291 g/mol. The van der Waals surface area contributed by atoms with Crippen LogP contribution >= 0.6 is 11.6 Å². The fourth-order valence-electron chi connectivity index (χ4n) is 1.77. The molecule has 0 radical (unpaired) electrons. The highest BCUT2D eigenvalue weighted by molar-refractivity contribution is 6.33. The minimum absolute atomic E-state index is 0.0172. The molecule has 0 unspecified atom stereocenters. The van der Waals surface area contributed by atoms with E-state index in [4.69, 9.17) is 11.6 Å². The summed E-state index contributed by atoms with van der Waals surface area (Å²) in [7, 11) is 0. The zero-order chi connectivity index (χ0) is 14.7. The van der Waals surface area contributed by atoms with Crippen molar-refractivity contribution in [1.82, 2.24) is 4.98 Å². The summed E-state index contributed by atoms with van der Waals surface area (Å²) >= 11 is 6.10. The second-order valence-electron chi connectivity index (χ2n) is 4.50. The first-order chi connectivity index (χ1) is 9.52. The Morgan fingerprint density at radius 2 is 2.10 bits per heavy atom. The molecule has 2 N–H and O–H groups in total. The molecule has 1 aromatic carbocycles. The number of hydrogen-bond donors (Lipinski definition) is 2. The van der Waals surface area contributed by atoms with E-state index in [1.165, 1.54) is 12.4 Å². The number of benzene rings is 1. The van der Waals surface area contributed by atoms with Gasteiger partial charge in [0.2, 0.25) is 0 Å². The molecule has 0 saturated heterocycles. The molecule has 2 aromatic rings. The average Bonchev–Trinajstić information content (AvgIpc) is 2.42. The van der Waals surface area contributed by atoms with E-state index in [2.05, 4.69) is 9.98 Å². The summed E-state index contributed by atoms with van der Waals surface area (Å²) in [6.07, 6.45) is 3.01. The summed E-state index contributed by atoms with van der Waals surface area (Å²) in [5.74, 6) is 0.0172. The molecule has 0 fully saturated rings. The first-order valence-electron chi connectivity index (χ1n) is 6.11. The molecule has 2 rings (SSSR count). The third-order valence-corrected chi connectivity index (χ3v) is 3.27. The van der Waals surface area contributed by atoms with Gasteiger partial charge < -0.3 is 10.2 Å². The first kappa shape index (κ1) is 14.5. The molecule has 104 valence electrons. The third kappa shape index (κ3) is 2.98. The van der Waals surface area contributed by atoms with Crippen molar-refractivity contribution in [1.29, 1.82) is 0 Å². The number of rotatable bonds is 3. The van der Waals surface area contributed by atoms with Crippen LogP contribution in [0, 0.1) is 13.8 Å². The van der Waals surface area contributed by atoms with Crippen molar-refractivity contribution < 1.29 is 10.2 Å². The van der Waals surface area contributed by atoms with E-state index in [0.29, 0.717) is 27.5 Å². The molecule has 0 spiro atoms. The highest BCUT2D eigenvalue weighted by Crippen LogP contribution is 2.27. The number of aliphatic hydroxyl groups excluding tert-OH is 1. The summed E-state index contributed by atoms with van der Waals surface area (Å²) in [5.41, 5.74) is 3.11. The van der Waals surface area contributed by atoms with Gasteiger partial charge in [0, 0.05) is 23.5 Å². The summed E-state index contributed by atoms with van der Waals surface area (Å²) < 4.78 is 0. The molecule has 0 aliphatic carbocycles. The van der Waals surface area contributed by atoms with Crippen molar-refractivity contribution in [3.05, 3.63) is 51.8 Å². The zero-order valence-electron chi connectivity index (χ0n) is 11.3. The van der Waals surface area contributed by atoms with Gasteiger partial charge >= 0.3 is 0 Å². The van der Waals surface area contributed by atoms with Gasteiger partial charge in [-0.3, -0.25) is 9.98 Å². The SMILES string of the molecule is Cc1ccc(N=Cc2c(CO)cnc(C)c2O)c(Cl)c1. The van der Waals surface area contributed by atoms with Crippen LogP contribution in [0.4, 0.5) is 5.69 Å². The minimum atomic E-state index is -0.218. The highest BCUT2D eigenvalue weighted by atomic mass is 35.5. The second-order valence-corrected chi connectivity index (χ2v) is 4.91. The van der Waals surface area contributed by atoms with Gasteiger partial charge in [-0.1, -0.05) is 17.7 Å². The van der Waals surface area contributed by atoms with Crippen LogP contribution in [0.1, 0.15) is 22.4 Å². The molecular formula is C15H15ClN2O2. The van der Waals surface area contributed by atoms with E-state index < -0.39 is 0 Å². The zero-order valence-corrected chi connectivity index (χ0v) is 12.0. The Balaban J connectivity index is 2.43. The highest BCUT2D eigenvalue weighted by Gasteiger charge is 2.09. The molecule has 5 heteroatoms. The standard InChI is InChI=1S/C15H15ClN2O2/c1-9-3-4-14(13(16)5-9)18-7-12-11(8-19)6-17-10(2)15(12)20/h3-7,19-20H,8H2,1-2H3.